The average Bonchev–Trinajstić information content (AvgIpc) is 1.99. The molecule has 1 rings (SSSR count). The van der Waals surface area contributed by atoms with Gasteiger partial charge in [0, 0.05) is 13.1 Å². The van der Waals surface area contributed by atoms with E-state index in [0.29, 0.717) is 13.2 Å². The Balaban J connectivity index is 2.32. The van der Waals surface area contributed by atoms with Crippen molar-refractivity contribution in [3.05, 3.63) is 0 Å². The summed E-state index contributed by atoms with van der Waals surface area (Å²) >= 11 is 0. The third kappa shape index (κ3) is 1.93. The molecule has 0 radical (unpaired) electrons. The predicted octanol–water partition coefficient (Wildman–Crippen LogP) is -0.644. The smallest absolute Gasteiger partial charge is 0.0923 e. The molecule has 0 saturated carbocycles. The molecule has 1 aliphatic rings. The van der Waals surface area contributed by atoms with Gasteiger partial charge in [0.15, 0.2) is 0 Å². The zero-order chi connectivity index (χ0) is 6.69. The van der Waals surface area contributed by atoms with Gasteiger partial charge in [-0.2, -0.15) is 0 Å². The van der Waals surface area contributed by atoms with Gasteiger partial charge in [0.2, 0.25) is 0 Å². The van der Waals surface area contributed by atoms with Crippen LogP contribution in [0.4, 0.5) is 0 Å². The summed E-state index contributed by atoms with van der Waals surface area (Å²) in [5, 5.41) is 12.2. The number of hydrogen-bond donors (Lipinski definition) is 2. The van der Waals surface area contributed by atoms with E-state index in [2.05, 4.69) is 5.32 Å². The second-order valence-corrected chi connectivity index (χ2v) is 2.35. The van der Waals surface area contributed by atoms with Crippen LogP contribution < -0.4 is 5.32 Å². The lowest BCUT2D eigenvalue weighted by atomic mass is 10.2. The Morgan fingerprint density at radius 1 is 1.67 bits per heavy atom. The van der Waals surface area contributed by atoms with E-state index in [1.165, 1.54) is 0 Å². The maximum Gasteiger partial charge on any atom is 0.0923 e. The molecule has 2 N–H and O–H groups in total. The van der Waals surface area contributed by atoms with Gasteiger partial charge in [0.05, 0.1) is 18.8 Å². The van der Waals surface area contributed by atoms with Crippen LogP contribution in [0.3, 0.4) is 0 Å². The van der Waals surface area contributed by atoms with Crippen LogP contribution in [0, 0.1) is 0 Å². The molecule has 2 atom stereocenters. The minimum atomic E-state index is -0.340. The highest BCUT2D eigenvalue weighted by Crippen LogP contribution is 1.99. The molecular formula is C6H13NO2. The van der Waals surface area contributed by atoms with E-state index < -0.39 is 0 Å². The molecule has 3 nitrogen and oxygen atoms in total. The Hall–Kier alpha value is -0.120. The molecule has 0 aromatic rings. The molecule has 0 bridgehead atoms. The minimum Gasteiger partial charge on any atom is -0.389 e. The summed E-state index contributed by atoms with van der Waals surface area (Å²) in [7, 11) is 0. The Labute approximate surface area is 55.0 Å². The van der Waals surface area contributed by atoms with E-state index in [9.17, 15) is 5.11 Å². The Morgan fingerprint density at radius 2 is 2.44 bits per heavy atom. The van der Waals surface area contributed by atoms with Gasteiger partial charge in [-0.3, -0.25) is 0 Å². The molecule has 1 heterocycles. The summed E-state index contributed by atoms with van der Waals surface area (Å²) in [6.07, 6.45) is -0.354. The van der Waals surface area contributed by atoms with Crippen LogP contribution in [0.1, 0.15) is 6.92 Å². The topological polar surface area (TPSA) is 41.5 Å². The van der Waals surface area contributed by atoms with Gasteiger partial charge in [-0.05, 0) is 6.92 Å². The summed E-state index contributed by atoms with van der Waals surface area (Å²) in [4.78, 5) is 0. The van der Waals surface area contributed by atoms with Crippen LogP contribution in [0.25, 0.3) is 0 Å². The lowest BCUT2D eigenvalue weighted by Crippen LogP contribution is -2.31. The standard InChI is InChI=1S/C6H13NO2/c1-5-6(8)4-7-2-3-9-5/h5-8H,2-4H2,1H3/t5-,6-/m0/s1. The molecule has 1 saturated heterocycles. The van der Waals surface area contributed by atoms with Crippen molar-refractivity contribution in [3.8, 4) is 0 Å². The van der Waals surface area contributed by atoms with E-state index in [4.69, 9.17) is 4.74 Å². The second kappa shape index (κ2) is 3.15. The number of nitrogens with one attached hydrogen (secondary N) is 1. The van der Waals surface area contributed by atoms with Crippen LogP contribution in [0.15, 0.2) is 0 Å². The third-order valence-corrected chi connectivity index (χ3v) is 1.55. The lowest BCUT2D eigenvalue weighted by molar-refractivity contribution is -0.00644. The average molecular weight is 131 g/mol. The van der Waals surface area contributed by atoms with Crippen LogP contribution >= 0.6 is 0 Å². The van der Waals surface area contributed by atoms with Gasteiger partial charge >= 0.3 is 0 Å². The molecule has 3 heteroatoms. The fourth-order valence-corrected chi connectivity index (χ4v) is 0.844. The molecule has 1 aliphatic heterocycles. The van der Waals surface area contributed by atoms with Gasteiger partial charge in [-0.15, -0.1) is 0 Å². The molecule has 9 heavy (non-hydrogen) atoms. The van der Waals surface area contributed by atoms with Gasteiger partial charge in [0.25, 0.3) is 0 Å². The molecule has 0 amide bonds. The quantitative estimate of drug-likeness (QED) is 0.459. The van der Waals surface area contributed by atoms with E-state index in [1.54, 1.807) is 0 Å². The summed E-state index contributed by atoms with van der Waals surface area (Å²) in [6.45, 7) is 4.10. The van der Waals surface area contributed by atoms with Crippen LogP contribution in [0.5, 0.6) is 0 Å². The van der Waals surface area contributed by atoms with E-state index in [0.717, 1.165) is 6.54 Å². The number of rotatable bonds is 0. The molecule has 0 unspecified atom stereocenters. The van der Waals surface area contributed by atoms with E-state index >= 15 is 0 Å². The predicted molar refractivity (Wildman–Crippen MR) is 34.3 cm³/mol. The minimum absolute atomic E-state index is 0.0139. The monoisotopic (exact) mass is 131 g/mol. The highest BCUT2D eigenvalue weighted by atomic mass is 16.5. The molecule has 1 fully saturated rings. The van der Waals surface area contributed by atoms with Crippen molar-refractivity contribution >= 4 is 0 Å². The van der Waals surface area contributed by atoms with Crippen molar-refractivity contribution in [2.24, 2.45) is 0 Å². The van der Waals surface area contributed by atoms with Crippen LogP contribution in [-0.4, -0.2) is 37.0 Å². The summed E-state index contributed by atoms with van der Waals surface area (Å²) < 4.78 is 5.20. The van der Waals surface area contributed by atoms with E-state index in [-0.39, 0.29) is 12.2 Å². The molecule has 0 aliphatic carbocycles. The van der Waals surface area contributed by atoms with Gasteiger partial charge in [-0.1, -0.05) is 0 Å². The highest BCUT2D eigenvalue weighted by Gasteiger charge is 2.16. The van der Waals surface area contributed by atoms with Crippen molar-refractivity contribution in [2.45, 2.75) is 19.1 Å². The fraction of sp³-hybridized carbons (Fsp3) is 1.00. The number of aliphatic hydroxyl groups is 1. The Morgan fingerprint density at radius 3 is 3.22 bits per heavy atom. The first-order valence-corrected chi connectivity index (χ1v) is 3.31. The van der Waals surface area contributed by atoms with Crippen molar-refractivity contribution in [3.63, 3.8) is 0 Å². The maximum atomic E-state index is 9.17. The summed E-state index contributed by atoms with van der Waals surface area (Å²) in [6, 6.07) is 0. The Bertz CT molecular complexity index is 77.1. The van der Waals surface area contributed by atoms with Crippen molar-refractivity contribution in [2.75, 3.05) is 19.7 Å². The first-order valence-electron chi connectivity index (χ1n) is 3.31. The molecule has 54 valence electrons. The molecule has 0 aromatic carbocycles. The SMILES string of the molecule is C[C@@H]1OCCNC[C@@H]1O. The van der Waals surface area contributed by atoms with Crippen LogP contribution in [0.2, 0.25) is 0 Å². The van der Waals surface area contributed by atoms with Crippen molar-refractivity contribution in [1.82, 2.24) is 5.32 Å². The van der Waals surface area contributed by atoms with Crippen molar-refractivity contribution < 1.29 is 9.84 Å². The van der Waals surface area contributed by atoms with Gasteiger partial charge in [-0.25, -0.2) is 0 Å². The summed E-state index contributed by atoms with van der Waals surface area (Å²) in [5.74, 6) is 0. The zero-order valence-corrected chi connectivity index (χ0v) is 5.63. The first-order chi connectivity index (χ1) is 4.30. The molecular weight excluding hydrogens is 118 g/mol. The highest BCUT2D eigenvalue weighted by molar-refractivity contribution is 4.69. The Kier molecular flexibility index (Phi) is 2.45. The molecule has 0 spiro atoms. The number of hydrogen-bond acceptors (Lipinski definition) is 3. The number of β-amino-alcohol motifs (C(OH)–C–C–N with tert-alkyl or cyclic N) is 1. The first kappa shape index (κ1) is 6.99. The van der Waals surface area contributed by atoms with Crippen molar-refractivity contribution in [1.29, 1.82) is 0 Å². The maximum absolute atomic E-state index is 9.17. The van der Waals surface area contributed by atoms with Crippen LogP contribution in [-0.2, 0) is 4.74 Å². The largest absolute Gasteiger partial charge is 0.389 e. The number of aliphatic hydroxyl groups excluding tert-OH is 1. The van der Waals surface area contributed by atoms with Gasteiger partial charge < -0.3 is 15.2 Å². The molecule has 0 aromatic heterocycles. The normalized spacial score (nSPS) is 38.0. The zero-order valence-electron chi connectivity index (χ0n) is 5.63. The summed E-state index contributed by atoms with van der Waals surface area (Å²) in [5.41, 5.74) is 0. The van der Waals surface area contributed by atoms with E-state index in [1.807, 2.05) is 6.92 Å². The van der Waals surface area contributed by atoms with Gasteiger partial charge in [0.1, 0.15) is 0 Å². The lowest BCUT2D eigenvalue weighted by Gasteiger charge is -2.13. The number of ether oxygens (including phenoxy) is 1. The third-order valence-electron chi connectivity index (χ3n) is 1.55. The fourth-order valence-electron chi connectivity index (χ4n) is 0.844. The second-order valence-electron chi connectivity index (χ2n) is 2.35.